The third kappa shape index (κ3) is 6.88. The number of nitrogens with one attached hydrogen (secondary N) is 2. The number of hydrogen-bond donors (Lipinski definition) is 2. The number of amides is 4. The van der Waals surface area contributed by atoms with Gasteiger partial charge in [0.05, 0.1) is 42.4 Å². The number of nitrogens with zero attached hydrogens (tertiary/aromatic N) is 5. The number of carbonyl (C=O) groups is 4. The number of fused-ring (bicyclic) bond motifs is 2. The van der Waals surface area contributed by atoms with Gasteiger partial charge < -0.3 is 39.0 Å². The van der Waals surface area contributed by atoms with E-state index >= 15 is 0 Å². The number of hydrogen-bond acceptors (Lipinski definition) is 7. The normalized spacial score (nSPS) is 17.2. The van der Waals surface area contributed by atoms with Gasteiger partial charge in [-0.15, -0.1) is 0 Å². The van der Waals surface area contributed by atoms with Gasteiger partial charge in [0, 0.05) is 64.8 Å². The fourth-order valence-electron chi connectivity index (χ4n) is 6.42. The third-order valence-corrected chi connectivity index (χ3v) is 8.91. The Balaban J connectivity index is 1.00. The molecule has 0 spiro atoms. The Morgan fingerprint density at radius 2 is 1.62 bits per heavy atom. The summed E-state index contributed by atoms with van der Waals surface area (Å²) >= 11 is 0. The summed E-state index contributed by atoms with van der Waals surface area (Å²) in [5.41, 5.74) is 2.92. The lowest BCUT2D eigenvalue weighted by Crippen LogP contribution is -2.36. The molecule has 1 aromatic carbocycles. The molecule has 1 atom stereocenters. The van der Waals surface area contributed by atoms with Gasteiger partial charge in [0.15, 0.2) is 11.5 Å². The maximum Gasteiger partial charge on any atom is 0.272 e. The highest BCUT2D eigenvalue weighted by Gasteiger charge is 2.32. The molecule has 248 valence electrons. The van der Waals surface area contributed by atoms with E-state index in [2.05, 4.69) is 15.6 Å². The van der Waals surface area contributed by atoms with Crippen LogP contribution in [0.25, 0.3) is 0 Å². The van der Waals surface area contributed by atoms with Gasteiger partial charge >= 0.3 is 0 Å². The number of methoxy groups -OCH3 is 1. The van der Waals surface area contributed by atoms with Crippen LogP contribution in [0.15, 0.2) is 41.7 Å². The zero-order valence-corrected chi connectivity index (χ0v) is 27.1. The molecule has 3 aromatic rings. The van der Waals surface area contributed by atoms with Crippen LogP contribution in [-0.4, -0.2) is 88.2 Å². The molecule has 47 heavy (non-hydrogen) atoms. The van der Waals surface area contributed by atoms with Gasteiger partial charge in [0.2, 0.25) is 5.91 Å². The number of aromatic nitrogens is 2. The molecule has 3 aliphatic heterocycles. The molecule has 2 N–H and O–H groups in total. The van der Waals surface area contributed by atoms with Crippen LogP contribution < -0.4 is 20.1 Å². The number of ether oxygens (including phenoxy) is 2. The summed E-state index contributed by atoms with van der Waals surface area (Å²) in [4.78, 5) is 60.1. The molecule has 2 aromatic heterocycles. The number of benzene rings is 1. The molecular formula is C34H41N7O6. The Bertz CT molecular complexity index is 1720. The summed E-state index contributed by atoms with van der Waals surface area (Å²) in [5.74, 6) is 0.218. The minimum atomic E-state index is -0.356. The molecule has 0 saturated carbocycles. The van der Waals surface area contributed by atoms with Crippen molar-refractivity contribution in [2.45, 2.75) is 51.0 Å². The number of aliphatic imine (C=N–C) groups is 1. The smallest absolute Gasteiger partial charge is 0.272 e. The van der Waals surface area contributed by atoms with Crippen LogP contribution in [0, 0.1) is 0 Å². The van der Waals surface area contributed by atoms with Crippen LogP contribution in [0.5, 0.6) is 11.5 Å². The minimum absolute atomic E-state index is 0.0112. The van der Waals surface area contributed by atoms with E-state index in [-0.39, 0.29) is 42.7 Å². The average molecular weight is 644 g/mol. The van der Waals surface area contributed by atoms with E-state index in [1.165, 1.54) is 7.11 Å². The van der Waals surface area contributed by atoms with Crippen molar-refractivity contribution in [1.29, 1.82) is 0 Å². The fourth-order valence-corrected chi connectivity index (χ4v) is 6.42. The fraction of sp³-hybridized carbons (Fsp3) is 0.441. The number of piperidine rings is 1. The summed E-state index contributed by atoms with van der Waals surface area (Å²) in [7, 11) is 5.04. The van der Waals surface area contributed by atoms with Crippen molar-refractivity contribution >= 4 is 46.9 Å². The van der Waals surface area contributed by atoms with E-state index in [0.29, 0.717) is 58.5 Å². The van der Waals surface area contributed by atoms with E-state index in [9.17, 15) is 19.2 Å². The molecule has 0 radical (unpaired) electrons. The monoisotopic (exact) mass is 643 g/mol. The van der Waals surface area contributed by atoms with E-state index in [0.717, 1.165) is 45.2 Å². The van der Waals surface area contributed by atoms with Gasteiger partial charge in [-0.2, -0.15) is 0 Å². The summed E-state index contributed by atoms with van der Waals surface area (Å²) in [6, 6.07) is 6.70. The summed E-state index contributed by atoms with van der Waals surface area (Å²) in [6.07, 6.45) is 10.8. The molecule has 3 aliphatic rings. The molecule has 2 saturated heterocycles. The molecule has 5 heterocycles. The van der Waals surface area contributed by atoms with Crippen molar-refractivity contribution in [3.8, 4) is 11.5 Å². The third-order valence-electron chi connectivity index (χ3n) is 8.91. The minimum Gasteiger partial charge on any atom is -0.493 e. The number of carbonyl (C=O) groups excluding carboxylic acids is 4. The highest BCUT2D eigenvalue weighted by Crippen LogP contribution is 2.38. The van der Waals surface area contributed by atoms with E-state index in [4.69, 9.17) is 9.47 Å². The maximum absolute atomic E-state index is 13.1. The molecule has 1 unspecified atom stereocenters. The molecular weight excluding hydrogens is 602 g/mol. The van der Waals surface area contributed by atoms with Crippen molar-refractivity contribution < 1.29 is 28.7 Å². The molecule has 13 nitrogen and oxygen atoms in total. The molecule has 0 bridgehead atoms. The predicted octanol–water partition coefficient (Wildman–Crippen LogP) is 4.37. The zero-order valence-electron chi connectivity index (χ0n) is 27.1. The largest absolute Gasteiger partial charge is 0.493 e. The summed E-state index contributed by atoms with van der Waals surface area (Å²) in [5, 5.41) is 5.71. The standard InChI is InChI=1S/C34H41N7O6/c1-38-20-22(15-27(38)32(43)37-23-16-28(39(2)21-23)34(45)40-11-5-4-6-12-40)36-31(42)10-8-14-47-30-18-26-25(17-29(30)46-3)33(44)41-13-7-9-24(41)19-35-26/h15-21,24H,4-14H2,1-3H3,(H,36,42)(H,37,43). The Labute approximate surface area is 273 Å². The van der Waals surface area contributed by atoms with E-state index in [1.807, 2.05) is 16.0 Å². The van der Waals surface area contributed by atoms with Gasteiger partial charge in [-0.3, -0.25) is 24.2 Å². The Morgan fingerprint density at radius 1 is 0.894 bits per heavy atom. The van der Waals surface area contributed by atoms with Crippen molar-refractivity contribution in [2.75, 3.05) is 44.0 Å². The van der Waals surface area contributed by atoms with Gasteiger partial charge in [-0.05, 0) is 56.7 Å². The molecule has 0 aliphatic carbocycles. The Morgan fingerprint density at radius 3 is 2.38 bits per heavy atom. The van der Waals surface area contributed by atoms with Gasteiger partial charge in [0.1, 0.15) is 11.4 Å². The number of likely N-dealkylation sites (tertiary alicyclic amines) is 1. The number of rotatable bonds is 10. The second kappa shape index (κ2) is 13.7. The lowest BCUT2D eigenvalue weighted by Gasteiger charge is -2.26. The predicted molar refractivity (Wildman–Crippen MR) is 177 cm³/mol. The SMILES string of the molecule is COc1cc2c(cc1OCCCC(=O)Nc1cc(C(=O)Nc3cc(C(=O)N4CCCCC4)n(C)c3)n(C)c1)N=CC1CCCN1C2=O. The molecule has 2 fully saturated rings. The first kappa shape index (κ1) is 31.9. The second-order valence-corrected chi connectivity index (χ2v) is 12.3. The van der Waals surface area contributed by atoms with Crippen LogP contribution in [0.4, 0.5) is 17.1 Å². The first-order valence-electron chi connectivity index (χ1n) is 16.1. The average Bonchev–Trinajstić information content (AvgIpc) is 3.77. The Kier molecular flexibility index (Phi) is 9.32. The van der Waals surface area contributed by atoms with Crippen LogP contribution in [0.1, 0.15) is 76.3 Å². The van der Waals surface area contributed by atoms with E-state index < -0.39 is 0 Å². The first-order chi connectivity index (χ1) is 22.7. The van der Waals surface area contributed by atoms with Crippen LogP contribution >= 0.6 is 0 Å². The van der Waals surface area contributed by atoms with E-state index in [1.54, 1.807) is 59.9 Å². The molecule has 4 amide bonds. The Hall–Kier alpha value is -5.07. The lowest BCUT2D eigenvalue weighted by molar-refractivity contribution is -0.116. The van der Waals surface area contributed by atoms with Gasteiger partial charge in [0.25, 0.3) is 17.7 Å². The number of anilines is 2. The topological polar surface area (TPSA) is 139 Å². The van der Waals surface area contributed by atoms with Crippen molar-refractivity contribution in [3.63, 3.8) is 0 Å². The molecule has 6 rings (SSSR count). The first-order valence-corrected chi connectivity index (χ1v) is 16.1. The number of aryl methyl sites for hydroxylation is 2. The van der Waals surface area contributed by atoms with Crippen molar-refractivity contribution in [3.05, 3.63) is 53.6 Å². The van der Waals surface area contributed by atoms with Crippen LogP contribution in [0.2, 0.25) is 0 Å². The summed E-state index contributed by atoms with van der Waals surface area (Å²) < 4.78 is 14.8. The van der Waals surface area contributed by atoms with Crippen LogP contribution in [0.3, 0.4) is 0 Å². The van der Waals surface area contributed by atoms with Crippen molar-refractivity contribution in [1.82, 2.24) is 18.9 Å². The van der Waals surface area contributed by atoms with Gasteiger partial charge in [-0.25, -0.2) is 0 Å². The second-order valence-electron chi connectivity index (χ2n) is 12.3. The van der Waals surface area contributed by atoms with Gasteiger partial charge in [-0.1, -0.05) is 0 Å². The van der Waals surface area contributed by atoms with Crippen LogP contribution in [-0.2, 0) is 18.9 Å². The zero-order chi connectivity index (χ0) is 33.1. The quantitative estimate of drug-likeness (QED) is 0.315. The summed E-state index contributed by atoms with van der Waals surface area (Å²) in [6.45, 7) is 2.46. The highest BCUT2D eigenvalue weighted by atomic mass is 16.5. The molecule has 13 heteroatoms. The van der Waals surface area contributed by atoms with Crippen molar-refractivity contribution in [2.24, 2.45) is 19.1 Å². The maximum atomic E-state index is 13.1. The lowest BCUT2D eigenvalue weighted by atomic mass is 10.1. The highest BCUT2D eigenvalue weighted by molar-refractivity contribution is 6.06.